The van der Waals surface area contributed by atoms with Gasteiger partial charge in [0.15, 0.2) is 5.16 Å². The van der Waals surface area contributed by atoms with Gasteiger partial charge in [0.2, 0.25) is 5.71 Å². The van der Waals surface area contributed by atoms with Crippen molar-refractivity contribution in [2.45, 2.75) is 44.2 Å². The lowest BCUT2D eigenvalue weighted by Gasteiger charge is -2.13. The van der Waals surface area contributed by atoms with E-state index in [1.54, 1.807) is 11.8 Å². The van der Waals surface area contributed by atoms with Crippen molar-refractivity contribution in [3.8, 4) is 5.69 Å². The summed E-state index contributed by atoms with van der Waals surface area (Å²) in [6, 6.07) is 10.3. The molecule has 3 aromatic rings. The molecule has 2 heterocycles. The van der Waals surface area contributed by atoms with Crippen LogP contribution in [0.3, 0.4) is 0 Å². The summed E-state index contributed by atoms with van der Waals surface area (Å²) >= 11 is 7.65. The van der Waals surface area contributed by atoms with E-state index < -0.39 is 0 Å². The maximum absolute atomic E-state index is 6.02. The van der Waals surface area contributed by atoms with Crippen molar-refractivity contribution in [1.29, 1.82) is 0 Å². The Labute approximate surface area is 151 Å². The monoisotopic (exact) mass is 356 g/mol. The predicted octanol–water partition coefficient (Wildman–Crippen LogP) is 5.73. The zero-order chi connectivity index (χ0) is 16.5. The van der Waals surface area contributed by atoms with Gasteiger partial charge in [-0.25, -0.2) is 0 Å². The average molecular weight is 357 g/mol. The summed E-state index contributed by atoms with van der Waals surface area (Å²) in [7, 11) is 0. The Bertz CT molecular complexity index is 928. The average Bonchev–Trinajstić information content (AvgIpc) is 3.16. The smallest absolute Gasteiger partial charge is 0.231 e. The van der Waals surface area contributed by atoms with E-state index in [4.69, 9.17) is 21.6 Å². The highest BCUT2D eigenvalue weighted by atomic mass is 32.2. The van der Waals surface area contributed by atoms with Crippen molar-refractivity contribution in [3.05, 3.63) is 46.3 Å². The van der Waals surface area contributed by atoms with Crippen LogP contribution in [0.1, 0.15) is 37.5 Å². The van der Waals surface area contributed by atoms with E-state index in [0.717, 1.165) is 57.4 Å². The van der Waals surface area contributed by atoms with E-state index in [1.807, 2.05) is 18.2 Å². The first kappa shape index (κ1) is 15.9. The maximum Gasteiger partial charge on any atom is 0.231 e. The van der Waals surface area contributed by atoms with Crippen molar-refractivity contribution in [1.82, 2.24) is 9.55 Å². The summed E-state index contributed by atoms with van der Waals surface area (Å²) in [6.45, 7) is 2.21. The number of furan rings is 1. The normalized spacial score (nSPS) is 13.5. The number of thioether (sulfide) groups is 1. The molecule has 1 aliphatic rings. The van der Waals surface area contributed by atoms with Crippen LogP contribution in [0.15, 0.2) is 39.9 Å². The number of aromatic nitrogens is 2. The Morgan fingerprint density at radius 2 is 2.08 bits per heavy atom. The number of para-hydroxylation sites is 1. The number of hydrogen-bond donors (Lipinski definition) is 0. The quantitative estimate of drug-likeness (QED) is 0.253. The van der Waals surface area contributed by atoms with E-state index in [1.165, 1.54) is 18.4 Å². The Morgan fingerprint density at radius 1 is 1.25 bits per heavy atom. The van der Waals surface area contributed by atoms with Crippen molar-refractivity contribution in [2.24, 2.45) is 0 Å². The molecule has 0 atom stereocenters. The molecule has 1 aliphatic carbocycles. The zero-order valence-corrected chi connectivity index (χ0v) is 15.4. The molecule has 0 bridgehead atoms. The minimum Gasteiger partial charge on any atom is -0.442 e. The second-order valence-corrected chi connectivity index (χ2v) is 7.56. The van der Waals surface area contributed by atoms with Crippen LogP contribution < -0.4 is 0 Å². The largest absolute Gasteiger partial charge is 0.442 e. The van der Waals surface area contributed by atoms with E-state index in [2.05, 4.69) is 23.6 Å². The minimum atomic E-state index is 0.718. The second kappa shape index (κ2) is 6.73. The lowest BCUT2D eigenvalue weighted by Crippen LogP contribution is -2.05. The summed E-state index contributed by atoms with van der Waals surface area (Å²) < 4.78 is 8.97. The molecule has 0 N–H and O–H groups in total. The molecule has 1 aromatic carbocycles. The number of nitrogens with zero attached hydrogens (tertiary/aromatic N) is 2. The van der Waals surface area contributed by atoms with Gasteiger partial charge in [0.05, 0.1) is 5.39 Å². The third-order valence-electron chi connectivity index (χ3n) is 4.45. The van der Waals surface area contributed by atoms with E-state index in [0.29, 0.717) is 0 Å². The van der Waals surface area contributed by atoms with Gasteiger partial charge in [-0.15, -0.1) is 0 Å². The van der Waals surface area contributed by atoms with Crippen LogP contribution in [0.2, 0.25) is 0 Å². The van der Waals surface area contributed by atoms with Gasteiger partial charge < -0.3 is 4.42 Å². The van der Waals surface area contributed by atoms with Gasteiger partial charge in [0.25, 0.3) is 0 Å². The fraction of sp³-hybridized carbons (Fsp3) is 0.368. The van der Waals surface area contributed by atoms with E-state index in [-0.39, 0.29) is 0 Å². The Hall–Kier alpha value is -1.59. The molecular weight excluding hydrogens is 336 g/mol. The summed E-state index contributed by atoms with van der Waals surface area (Å²) in [5, 5.41) is 1.97. The van der Waals surface area contributed by atoms with Crippen LogP contribution >= 0.6 is 24.0 Å². The minimum absolute atomic E-state index is 0.718. The van der Waals surface area contributed by atoms with Gasteiger partial charge in [-0.3, -0.25) is 4.57 Å². The first-order chi connectivity index (χ1) is 11.8. The van der Waals surface area contributed by atoms with E-state index >= 15 is 0 Å². The van der Waals surface area contributed by atoms with Gasteiger partial charge in [0, 0.05) is 23.4 Å². The predicted molar refractivity (Wildman–Crippen MR) is 102 cm³/mol. The first-order valence-corrected chi connectivity index (χ1v) is 9.94. The molecule has 5 heteroatoms. The number of rotatable bonds is 5. The molecule has 0 saturated heterocycles. The van der Waals surface area contributed by atoms with Gasteiger partial charge in [-0.2, -0.15) is 4.98 Å². The third-order valence-corrected chi connectivity index (χ3v) is 5.86. The number of hydrogen-bond acceptors (Lipinski definition) is 4. The maximum atomic E-state index is 6.02. The van der Waals surface area contributed by atoms with Gasteiger partial charge in [-0.05, 0) is 31.4 Å². The van der Waals surface area contributed by atoms with Crippen LogP contribution in [0.25, 0.3) is 16.8 Å². The Balaban J connectivity index is 1.93. The Morgan fingerprint density at radius 3 is 2.88 bits per heavy atom. The molecule has 0 spiro atoms. The molecule has 2 aromatic heterocycles. The summed E-state index contributed by atoms with van der Waals surface area (Å²) in [4.78, 5) is 4.84. The summed E-state index contributed by atoms with van der Waals surface area (Å²) in [5.41, 5.74) is 3.07. The number of benzene rings is 1. The second-order valence-electron chi connectivity index (χ2n) is 6.11. The van der Waals surface area contributed by atoms with Gasteiger partial charge in [0.1, 0.15) is 10.4 Å². The lowest BCUT2D eigenvalue weighted by molar-refractivity contribution is 0.541. The van der Waals surface area contributed by atoms with Crippen LogP contribution in [0.4, 0.5) is 0 Å². The standard InChI is InChI=1S/C19H20N2OS2/c1-2-3-12-24-19-20-17-16(14-10-7-11-15(14)22-17)18(23)21(19)13-8-5-4-6-9-13/h4-6,8-9H,2-3,7,10-12H2,1H3. The van der Waals surface area contributed by atoms with Crippen molar-refractivity contribution >= 4 is 35.1 Å². The number of unbranched alkanes of at least 4 members (excludes halogenated alkanes) is 1. The van der Waals surface area contributed by atoms with E-state index in [9.17, 15) is 0 Å². The lowest BCUT2D eigenvalue weighted by atomic mass is 10.2. The van der Waals surface area contributed by atoms with Crippen molar-refractivity contribution in [3.63, 3.8) is 0 Å². The number of aryl methyl sites for hydroxylation is 2. The van der Waals surface area contributed by atoms with Crippen LogP contribution in [0.5, 0.6) is 0 Å². The van der Waals surface area contributed by atoms with Crippen LogP contribution in [-0.2, 0) is 12.8 Å². The first-order valence-electron chi connectivity index (χ1n) is 8.55. The van der Waals surface area contributed by atoms with Crippen molar-refractivity contribution in [2.75, 3.05) is 5.75 Å². The fourth-order valence-electron chi connectivity index (χ4n) is 3.23. The zero-order valence-electron chi connectivity index (χ0n) is 13.7. The summed E-state index contributed by atoms with van der Waals surface area (Å²) in [5.74, 6) is 2.12. The summed E-state index contributed by atoms with van der Waals surface area (Å²) in [6.07, 6.45) is 5.54. The third kappa shape index (κ3) is 2.70. The molecular formula is C19H20N2OS2. The molecule has 24 heavy (non-hydrogen) atoms. The highest BCUT2D eigenvalue weighted by molar-refractivity contribution is 7.99. The van der Waals surface area contributed by atoms with Gasteiger partial charge >= 0.3 is 0 Å². The molecule has 3 nitrogen and oxygen atoms in total. The Kier molecular flexibility index (Phi) is 4.46. The van der Waals surface area contributed by atoms with Crippen molar-refractivity contribution < 1.29 is 4.42 Å². The molecule has 0 fully saturated rings. The molecule has 0 saturated carbocycles. The highest BCUT2D eigenvalue weighted by Gasteiger charge is 2.23. The topological polar surface area (TPSA) is 31.0 Å². The molecule has 124 valence electrons. The molecule has 0 unspecified atom stereocenters. The highest BCUT2D eigenvalue weighted by Crippen LogP contribution is 2.35. The van der Waals surface area contributed by atoms with Gasteiger partial charge in [-0.1, -0.05) is 55.5 Å². The van der Waals surface area contributed by atoms with Crippen LogP contribution in [-0.4, -0.2) is 15.3 Å². The number of fused-ring (bicyclic) bond motifs is 3. The SMILES string of the molecule is CCCCSc1nc2oc3c(c2c(=S)n1-c1ccccc1)CCC3. The fourth-order valence-corrected chi connectivity index (χ4v) is 4.78. The molecule has 0 radical (unpaired) electrons. The molecule has 4 rings (SSSR count). The molecule has 0 aliphatic heterocycles. The van der Waals surface area contributed by atoms with Crippen LogP contribution in [0, 0.1) is 4.64 Å². The molecule has 0 amide bonds.